The summed E-state index contributed by atoms with van der Waals surface area (Å²) in [6.07, 6.45) is 2.82. The summed E-state index contributed by atoms with van der Waals surface area (Å²) in [5, 5.41) is 3.34. The van der Waals surface area contributed by atoms with E-state index >= 15 is 0 Å². The molecule has 1 aliphatic heterocycles. The Kier molecular flexibility index (Phi) is 4.21. The lowest BCUT2D eigenvalue weighted by Crippen LogP contribution is -2.47. The molecule has 1 aromatic heterocycles. The van der Waals surface area contributed by atoms with Crippen molar-refractivity contribution in [3.05, 3.63) is 5.28 Å². The number of hydrogen-bond acceptors (Lipinski definition) is 6. The van der Waals surface area contributed by atoms with Gasteiger partial charge in [-0.15, -0.1) is 0 Å². The summed E-state index contributed by atoms with van der Waals surface area (Å²) >= 11 is 5.97. The van der Waals surface area contributed by atoms with Gasteiger partial charge < -0.3 is 10.2 Å². The number of anilines is 2. The Labute approximate surface area is 124 Å². The molecule has 110 valence electrons. The van der Waals surface area contributed by atoms with Crippen LogP contribution in [0.15, 0.2) is 0 Å². The van der Waals surface area contributed by atoms with Gasteiger partial charge in [-0.3, -0.25) is 4.90 Å². The zero-order valence-corrected chi connectivity index (χ0v) is 12.6. The van der Waals surface area contributed by atoms with Gasteiger partial charge in [0.05, 0.1) is 0 Å². The van der Waals surface area contributed by atoms with E-state index in [0.29, 0.717) is 11.9 Å². The van der Waals surface area contributed by atoms with E-state index < -0.39 is 0 Å². The van der Waals surface area contributed by atoms with Crippen LogP contribution in [0, 0.1) is 5.92 Å². The van der Waals surface area contributed by atoms with E-state index in [4.69, 9.17) is 11.6 Å². The normalized spacial score (nSPS) is 20.2. The number of hydrogen-bond donors (Lipinski definition) is 1. The fourth-order valence-electron chi connectivity index (χ4n) is 2.51. The van der Waals surface area contributed by atoms with Gasteiger partial charge in [-0.25, -0.2) is 0 Å². The van der Waals surface area contributed by atoms with Gasteiger partial charge in [-0.1, -0.05) is 0 Å². The highest BCUT2D eigenvalue weighted by Crippen LogP contribution is 2.30. The Hall–Kier alpha value is -1.14. The first kappa shape index (κ1) is 13.8. The molecule has 0 aromatic carbocycles. The van der Waals surface area contributed by atoms with Gasteiger partial charge in [0.1, 0.15) is 0 Å². The molecule has 0 atom stereocenters. The second kappa shape index (κ2) is 6.10. The van der Waals surface area contributed by atoms with Gasteiger partial charge in [-0.05, 0) is 37.3 Å². The first-order valence-electron chi connectivity index (χ1n) is 7.37. The molecule has 20 heavy (non-hydrogen) atoms. The highest BCUT2D eigenvalue weighted by atomic mass is 35.5. The molecule has 1 aromatic rings. The molecular weight excluding hydrogens is 276 g/mol. The first-order chi connectivity index (χ1) is 9.74. The van der Waals surface area contributed by atoms with Gasteiger partial charge in [0.15, 0.2) is 0 Å². The van der Waals surface area contributed by atoms with Crippen molar-refractivity contribution in [2.75, 3.05) is 49.5 Å². The quantitative estimate of drug-likeness (QED) is 0.888. The van der Waals surface area contributed by atoms with Crippen molar-refractivity contribution in [1.29, 1.82) is 0 Å². The van der Waals surface area contributed by atoms with Gasteiger partial charge in [0, 0.05) is 39.3 Å². The van der Waals surface area contributed by atoms with E-state index in [0.717, 1.165) is 38.6 Å². The third-order valence-corrected chi connectivity index (χ3v) is 3.97. The van der Waals surface area contributed by atoms with E-state index in [-0.39, 0.29) is 5.28 Å². The lowest BCUT2D eigenvalue weighted by atomic mass is 10.3. The Morgan fingerprint density at radius 3 is 2.55 bits per heavy atom. The summed E-state index contributed by atoms with van der Waals surface area (Å²) in [6.45, 7) is 8.11. The van der Waals surface area contributed by atoms with Crippen LogP contribution in [-0.4, -0.2) is 59.1 Å². The third kappa shape index (κ3) is 3.49. The van der Waals surface area contributed by atoms with Crippen molar-refractivity contribution < 1.29 is 0 Å². The topological polar surface area (TPSA) is 57.2 Å². The molecule has 1 saturated heterocycles. The van der Waals surface area contributed by atoms with E-state index in [2.05, 4.69) is 30.1 Å². The van der Waals surface area contributed by atoms with Crippen molar-refractivity contribution in [2.45, 2.75) is 19.8 Å². The summed E-state index contributed by atoms with van der Waals surface area (Å²) < 4.78 is 0. The maximum atomic E-state index is 5.97. The van der Waals surface area contributed by atoms with Crippen molar-refractivity contribution in [2.24, 2.45) is 5.92 Å². The number of aromatic nitrogens is 3. The molecule has 2 heterocycles. The maximum absolute atomic E-state index is 5.97. The van der Waals surface area contributed by atoms with Crippen molar-refractivity contribution in [3.8, 4) is 0 Å². The molecule has 1 saturated carbocycles. The Morgan fingerprint density at radius 2 is 1.90 bits per heavy atom. The molecule has 1 aliphatic carbocycles. The predicted molar refractivity (Wildman–Crippen MR) is 80.4 cm³/mol. The number of halogens is 1. The van der Waals surface area contributed by atoms with E-state index in [1.807, 2.05) is 6.92 Å². The van der Waals surface area contributed by atoms with E-state index in [9.17, 15) is 0 Å². The fraction of sp³-hybridized carbons (Fsp3) is 0.769. The highest BCUT2D eigenvalue weighted by Gasteiger charge is 2.27. The molecule has 0 spiro atoms. The van der Waals surface area contributed by atoms with E-state index in [1.165, 1.54) is 19.4 Å². The third-order valence-electron chi connectivity index (χ3n) is 3.80. The molecule has 0 bridgehead atoms. The zero-order valence-electron chi connectivity index (χ0n) is 11.8. The van der Waals surface area contributed by atoms with Gasteiger partial charge >= 0.3 is 0 Å². The van der Waals surface area contributed by atoms with Crippen LogP contribution < -0.4 is 10.2 Å². The summed E-state index contributed by atoms with van der Waals surface area (Å²) in [7, 11) is 0. The lowest BCUT2D eigenvalue weighted by Gasteiger charge is -2.34. The predicted octanol–water partition coefficient (Wildman–Crippen LogP) is 1.49. The molecule has 3 rings (SSSR count). The van der Waals surface area contributed by atoms with Crippen LogP contribution >= 0.6 is 11.6 Å². The average molecular weight is 297 g/mol. The monoisotopic (exact) mass is 296 g/mol. The fourth-order valence-corrected chi connectivity index (χ4v) is 2.67. The minimum atomic E-state index is 0.256. The lowest BCUT2D eigenvalue weighted by molar-refractivity contribution is 0.247. The van der Waals surface area contributed by atoms with Crippen LogP contribution in [0.1, 0.15) is 19.8 Å². The molecule has 1 N–H and O–H groups in total. The van der Waals surface area contributed by atoms with Gasteiger partial charge in [-0.2, -0.15) is 15.0 Å². The Balaban J connectivity index is 1.61. The van der Waals surface area contributed by atoms with E-state index in [1.54, 1.807) is 0 Å². The van der Waals surface area contributed by atoms with Crippen LogP contribution in [0.2, 0.25) is 5.28 Å². The second-order valence-corrected chi connectivity index (χ2v) is 5.83. The summed E-state index contributed by atoms with van der Waals surface area (Å²) in [5.74, 6) is 2.20. The number of piperazine rings is 1. The molecule has 6 nitrogen and oxygen atoms in total. The zero-order chi connectivity index (χ0) is 13.9. The molecular formula is C13H21ClN6. The SMILES string of the molecule is CCNc1nc(Cl)nc(N2CCN(CC3CC3)CC2)n1. The summed E-state index contributed by atoms with van der Waals surface area (Å²) in [6, 6.07) is 0. The minimum Gasteiger partial charge on any atom is -0.354 e. The second-order valence-electron chi connectivity index (χ2n) is 5.49. The Morgan fingerprint density at radius 1 is 1.15 bits per heavy atom. The molecule has 2 fully saturated rings. The maximum Gasteiger partial charge on any atom is 0.231 e. The van der Waals surface area contributed by atoms with Crippen LogP contribution in [0.4, 0.5) is 11.9 Å². The number of nitrogens with zero attached hydrogens (tertiary/aromatic N) is 5. The molecule has 7 heteroatoms. The van der Waals surface area contributed by atoms with Crippen LogP contribution in [0.25, 0.3) is 0 Å². The van der Waals surface area contributed by atoms with Crippen molar-refractivity contribution >= 4 is 23.5 Å². The van der Waals surface area contributed by atoms with Crippen LogP contribution in [-0.2, 0) is 0 Å². The van der Waals surface area contributed by atoms with Crippen molar-refractivity contribution in [3.63, 3.8) is 0 Å². The Bertz CT molecular complexity index is 456. The smallest absolute Gasteiger partial charge is 0.231 e. The van der Waals surface area contributed by atoms with Crippen molar-refractivity contribution in [1.82, 2.24) is 19.9 Å². The largest absolute Gasteiger partial charge is 0.354 e. The number of rotatable bonds is 5. The summed E-state index contributed by atoms with van der Waals surface area (Å²) in [5.41, 5.74) is 0. The molecule has 2 aliphatic rings. The van der Waals surface area contributed by atoms with Crippen LogP contribution in [0.5, 0.6) is 0 Å². The minimum absolute atomic E-state index is 0.256. The highest BCUT2D eigenvalue weighted by molar-refractivity contribution is 6.28. The number of nitrogens with one attached hydrogen (secondary N) is 1. The molecule has 0 unspecified atom stereocenters. The van der Waals surface area contributed by atoms with Crippen LogP contribution in [0.3, 0.4) is 0 Å². The van der Waals surface area contributed by atoms with Gasteiger partial charge in [0.2, 0.25) is 17.2 Å². The molecule has 0 radical (unpaired) electrons. The van der Waals surface area contributed by atoms with Gasteiger partial charge in [0.25, 0.3) is 0 Å². The summed E-state index contributed by atoms with van der Waals surface area (Å²) in [4.78, 5) is 17.5. The first-order valence-corrected chi connectivity index (χ1v) is 7.75. The average Bonchev–Trinajstić information content (AvgIpc) is 3.23. The molecule has 0 amide bonds. The standard InChI is InChI=1S/C13H21ClN6/c1-2-15-12-16-11(14)17-13(18-12)20-7-5-19(6-8-20)9-10-3-4-10/h10H,2-9H2,1H3,(H,15,16,17,18).